The Kier molecular flexibility index (Phi) is 4.77. The van der Waals surface area contributed by atoms with Crippen molar-refractivity contribution >= 4 is 17.5 Å². The average Bonchev–Trinajstić information content (AvgIpc) is 2.48. The van der Waals surface area contributed by atoms with Gasteiger partial charge in [-0.2, -0.15) is 0 Å². The van der Waals surface area contributed by atoms with Crippen LogP contribution in [0, 0.1) is 0 Å². The van der Waals surface area contributed by atoms with Gasteiger partial charge >= 0.3 is 0 Å². The summed E-state index contributed by atoms with van der Waals surface area (Å²) >= 11 is 5.81. The zero-order valence-electron chi connectivity index (χ0n) is 11.1. The van der Waals surface area contributed by atoms with E-state index in [9.17, 15) is 9.90 Å². The monoisotopic (exact) mass is 289 g/mol. The molecule has 0 unspecified atom stereocenters. The molecule has 2 aromatic rings. The number of benzene rings is 2. The van der Waals surface area contributed by atoms with Gasteiger partial charge in [-0.25, -0.2) is 0 Å². The normalized spacial score (nSPS) is 13.6. The fourth-order valence-corrected chi connectivity index (χ4v) is 2.03. The van der Waals surface area contributed by atoms with Crippen molar-refractivity contribution in [2.24, 2.45) is 0 Å². The molecule has 104 valence electrons. The van der Waals surface area contributed by atoms with Crippen LogP contribution in [0.5, 0.6) is 0 Å². The van der Waals surface area contributed by atoms with Gasteiger partial charge in [0.15, 0.2) is 0 Å². The van der Waals surface area contributed by atoms with Crippen molar-refractivity contribution in [3.8, 4) is 0 Å². The molecule has 0 bridgehead atoms. The SMILES string of the molecule is C[C@@H](NC(=O)c1ccccc1)[C@@H](O)c1ccc(Cl)cc1. The summed E-state index contributed by atoms with van der Waals surface area (Å²) in [6.07, 6.45) is -0.778. The topological polar surface area (TPSA) is 49.3 Å². The van der Waals surface area contributed by atoms with Crippen LogP contribution in [0.1, 0.15) is 28.9 Å². The summed E-state index contributed by atoms with van der Waals surface area (Å²) in [5.41, 5.74) is 1.29. The smallest absolute Gasteiger partial charge is 0.251 e. The second kappa shape index (κ2) is 6.55. The van der Waals surface area contributed by atoms with Crippen LogP contribution in [0.25, 0.3) is 0 Å². The zero-order chi connectivity index (χ0) is 14.5. The van der Waals surface area contributed by atoms with Gasteiger partial charge in [0.2, 0.25) is 0 Å². The Hall–Kier alpha value is -1.84. The number of halogens is 1. The van der Waals surface area contributed by atoms with Gasteiger partial charge in [0.1, 0.15) is 0 Å². The van der Waals surface area contributed by atoms with Crippen molar-refractivity contribution in [2.45, 2.75) is 19.1 Å². The summed E-state index contributed by atoms with van der Waals surface area (Å²) in [6.45, 7) is 1.76. The molecule has 2 aromatic carbocycles. The molecule has 0 aromatic heterocycles. The molecule has 0 radical (unpaired) electrons. The lowest BCUT2D eigenvalue weighted by molar-refractivity contribution is 0.0852. The lowest BCUT2D eigenvalue weighted by atomic mass is 10.0. The van der Waals surface area contributed by atoms with Gasteiger partial charge in [0.25, 0.3) is 5.91 Å². The number of aliphatic hydroxyl groups is 1. The van der Waals surface area contributed by atoms with Crippen molar-refractivity contribution < 1.29 is 9.90 Å². The van der Waals surface area contributed by atoms with E-state index in [2.05, 4.69) is 5.32 Å². The quantitative estimate of drug-likeness (QED) is 0.908. The minimum Gasteiger partial charge on any atom is -0.386 e. The van der Waals surface area contributed by atoms with E-state index < -0.39 is 12.1 Å². The van der Waals surface area contributed by atoms with Crippen molar-refractivity contribution in [3.63, 3.8) is 0 Å². The first-order chi connectivity index (χ1) is 9.58. The second-order valence-electron chi connectivity index (χ2n) is 4.62. The Morgan fingerprint density at radius 2 is 1.70 bits per heavy atom. The maximum absolute atomic E-state index is 12.0. The molecular formula is C16H16ClNO2. The summed E-state index contributed by atoms with van der Waals surface area (Å²) < 4.78 is 0. The molecule has 0 saturated heterocycles. The predicted molar refractivity (Wildman–Crippen MR) is 79.8 cm³/mol. The molecule has 0 aliphatic rings. The molecule has 0 spiro atoms. The van der Waals surface area contributed by atoms with Crippen LogP contribution in [-0.2, 0) is 0 Å². The third-order valence-electron chi connectivity index (χ3n) is 3.08. The van der Waals surface area contributed by atoms with E-state index in [1.54, 1.807) is 55.5 Å². The molecule has 0 heterocycles. The van der Waals surface area contributed by atoms with Gasteiger partial charge in [-0.15, -0.1) is 0 Å². The van der Waals surface area contributed by atoms with Gasteiger partial charge in [0.05, 0.1) is 12.1 Å². The number of hydrogen-bond acceptors (Lipinski definition) is 2. The van der Waals surface area contributed by atoms with E-state index in [4.69, 9.17) is 11.6 Å². The molecule has 0 aliphatic carbocycles. The molecule has 20 heavy (non-hydrogen) atoms. The fraction of sp³-hybridized carbons (Fsp3) is 0.188. The number of carbonyl (C=O) groups is 1. The van der Waals surface area contributed by atoms with Gasteiger partial charge in [-0.05, 0) is 36.8 Å². The first-order valence-electron chi connectivity index (χ1n) is 6.37. The minimum absolute atomic E-state index is 0.203. The third-order valence-corrected chi connectivity index (χ3v) is 3.33. The highest BCUT2D eigenvalue weighted by Crippen LogP contribution is 2.19. The van der Waals surface area contributed by atoms with Crippen LogP contribution in [0.3, 0.4) is 0 Å². The van der Waals surface area contributed by atoms with Gasteiger partial charge < -0.3 is 10.4 Å². The van der Waals surface area contributed by atoms with Crippen molar-refractivity contribution in [3.05, 3.63) is 70.7 Å². The Balaban J connectivity index is 2.02. The van der Waals surface area contributed by atoms with E-state index >= 15 is 0 Å². The van der Waals surface area contributed by atoms with Crippen LogP contribution in [0.4, 0.5) is 0 Å². The molecule has 2 N–H and O–H groups in total. The van der Waals surface area contributed by atoms with Crippen LogP contribution < -0.4 is 5.32 Å². The first-order valence-corrected chi connectivity index (χ1v) is 6.75. The number of hydrogen-bond donors (Lipinski definition) is 2. The highest BCUT2D eigenvalue weighted by Gasteiger charge is 2.18. The Morgan fingerprint density at radius 1 is 1.10 bits per heavy atom. The number of aliphatic hydroxyl groups excluding tert-OH is 1. The van der Waals surface area contributed by atoms with E-state index in [1.807, 2.05) is 6.07 Å². The summed E-state index contributed by atoms with van der Waals surface area (Å²) in [4.78, 5) is 12.0. The Morgan fingerprint density at radius 3 is 2.30 bits per heavy atom. The molecule has 0 saturated carbocycles. The number of carbonyl (C=O) groups excluding carboxylic acids is 1. The van der Waals surface area contributed by atoms with Gasteiger partial charge in [-0.3, -0.25) is 4.79 Å². The van der Waals surface area contributed by atoms with Gasteiger partial charge in [-0.1, -0.05) is 41.9 Å². The largest absolute Gasteiger partial charge is 0.386 e. The van der Waals surface area contributed by atoms with E-state index in [1.165, 1.54) is 0 Å². The number of amides is 1. The van der Waals surface area contributed by atoms with Gasteiger partial charge in [0, 0.05) is 10.6 Å². The summed E-state index contributed by atoms with van der Waals surface area (Å²) in [6, 6.07) is 15.4. The minimum atomic E-state index is -0.778. The van der Waals surface area contributed by atoms with Crippen LogP contribution in [0.2, 0.25) is 5.02 Å². The Labute approximate surface area is 123 Å². The second-order valence-corrected chi connectivity index (χ2v) is 5.06. The van der Waals surface area contributed by atoms with Crippen LogP contribution >= 0.6 is 11.6 Å². The number of rotatable bonds is 4. The molecular weight excluding hydrogens is 274 g/mol. The van der Waals surface area contributed by atoms with E-state index in [0.717, 1.165) is 5.56 Å². The Bertz CT molecular complexity index is 569. The summed E-state index contributed by atoms with van der Waals surface area (Å²) in [7, 11) is 0. The van der Waals surface area contributed by atoms with Crippen LogP contribution in [0.15, 0.2) is 54.6 Å². The lowest BCUT2D eigenvalue weighted by Crippen LogP contribution is -2.37. The standard InChI is InChI=1S/C16H16ClNO2/c1-11(15(19)12-7-9-14(17)10-8-12)18-16(20)13-5-3-2-4-6-13/h2-11,15,19H,1H3,(H,18,20)/t11-,15-/m1/s1. The highest BCUT2D eigenvalue weighted by molar-refractivity contribution is 6.30. The predicted octanol–water partition coefficient (Wildman–Crippen LogP) is 3.19. The van der Waals surface area contributed by atoms with E-state index in [-0.39, 0.29) is 5.91 Å². The molecule has 2 atom stereocenters. The van der Waals surface area contributed by atoms with Crippen LogP contribution in [-0.4, -0.2) is 17.1 Å². The fourth-order valence-electron chi connectivity index (χ4n) is 1.91. The first kappa shape index (κ1) is 14.6. The van der Waals surface area contributed by atoms with Crippen molar-refractivity contribution in [2.75, 3.05) is 0 Å². The lowest BCUT2D eigenvalue weighted by Gasteiger charge is -2.20. The molecule has 0 aliphatic heterocycles. The maximum atomic E-state index is 12.0. The van der Waals surface area contributed by atoms with Crippen molar-refractivity contribution in [1.82, 2.24) is 5.32 Å². The zero-order valence-corrected chi connectivity index (χ0v) is 11.8. The maximum Gasteiger partial charge on any atom is 0.251 e. The summed E-state index contributed by atoms with van der Waals surface area (Å²) in [5.74, 6) is -0.203. The number of nitrogens with one attached hydrogen (secondary N) is 1. The summed E-state index contributed by atoms with van der Waals surface area (Å²) in [5, 5.41) is 13.6. The van der Waals surface area contributed by atoms with Crippen molar-refractivity contribution in [1.29, 1.82) is 0 Å². The highest BCUT2D eigenvalue weighted by atomic mass is 35.5. The molecule has 3 nitrogen and oxygen atoms in total. The molecule has 4 heteroatoms. The third kappa shape index (κ3) is 3.59. The molecule has 0 fully saturated rings. The van der Waals surface area contributed by atoms with E-state index in [0.29, 0.717) is 10.6 Å². The molecule has 1 amide bonds. The average molecular weight is 290 g/mol. The molecule has 2 rings (SSSR count).